The number of aromatic amines is 1. The summed E-state index contributed by atoms with van der Waals surface area (Å²) in [5.74, 6) is -3.12. The third-order valence-electron chi connectivity index (χ3n) is 6.35. The van der Waals surface area contributed by atoms with E-state index in [4.69, 9.17) is 14.2 Å². The van der Waals surface area contributed by atoms with Crippen molar-refractivity contribution in [1.29, 1.82) is 0 Å². The zero-order valence-electron chi connectivity index (χ0n) is 25.9. The van der Waals surface area contributed by atoms with Crippen LogP contribution in [-0.4, -0.2) is 71.0 Å². The van der Waals surface area contributed by atoms with Gasteiger partial charge >= 0.3 is 135 Å². The van der Waals surface area contributed by atoms with Crippen molar-refractivity contribution in [3.05, 3.63) is 75.3 Å². The first-order valence-corrected chi connectivity index (χ1v) is 17.0. The molecule has 1 aliphatic carbocycles. The maximum atomic E-state index is 12.3. The average Bonchev–Trinajstić information content (AvgIpc) is 3.55. The first-order chi connectivity index (χ1) is 21.6. The van der Waals surface area contributed by atoms with E-state index in [1.165, 1.54) is 0 Å². The van der Waals surface area contributed by atoms with Crippen LogP contribution in [0, 0.1) is 30.3 Å². The van der Waals surface area contributed by atoms with Crippen LogP contribution in [0.25, 0.3) is 11.2 Å². The number of imidazole rings is 1. The van der Waals surface area contributed by atoms with Crippen molar-refractivity contribution in [2.45, 2.75) is 36.4 Å². The predicted molar refractivity (Wildman–Crippen MR) is 134 cm³/mol. The molecule has 2 aliphatic heterocycles. The number of phosphoric ester groups is 1. The molecule has 4 heterocycles. The Morgan fingerprint density at radius 2 is 1.47 bits per heavy atom. The maximum absolute atomic E-state index is 12.3. The van der Waals surface area contributed by atoms with Crippen molar-refractivity contribution >= 4 is 50.6 Å². The van der Waals surface area contributed by atoms with Gasteiger partial charge in [0.15, 0.2) is 22.1 Å². The van der Waals surface area contributed by atoms with Crippen LogP contribution < -0.4 is 143 Å². The van der Waals surface area contributed by atoms with Gasteiger partial charge in [0, 0.05) is 4.92 Å². The molecule has 1 N–H and O–H groups in total. The van der Waals surface area contributed by atoms with E-state index in [1.54, 1.807) is 0 Å². The van der Waals surface area contributed by atoms with Crippen LogP contribution in [0.1, 0.15) is 6.23 Å². The summed E-state index contributed by atoms with van der Waals surface area (Å²) in [5, 5.41) is 35.6. The number of halogens is 1. The molecular weight excluding hydrogens is 875 g/mol. The van der Waals surface area contributed by atoms with E-state index in [9.17, 15) is 68.4 Å². The van der Waals surface area contributed by atoms with Gasteiger partial charge in [-0.25, -0.2) is 14.3 Å². The van der Waals surface area contributed by atoms with Crippen molar-refractivity contribution in [2.75, 3.05) is 6.61 Å². The van der Waals surface area contributed by atoms with Gasteiger partial charge in [-0.05, 0) is 15.9 Å². The average molecular weight is 886 g/mol. The van der Waals surface area contributed by atoms with Crippen LogP contribution in [0.3, 0.4) is 0 Å². The van der Waals surface area contributed by atoms with Crippen LogP contribution in [-0.2, 0) is 41.1 Å². The summed E-state index contributed by atoms with van der Waals surface area (Å²) < 4.78 is 63.2. The normalized spacial score (nSPS) is 27.6. The SMILES string of the molecule is O=c1[nH]cnc2c1nc(Br)n2[C@@H]1O[C@H](COP(=O)([O-])OP(=O)([O-])OP(=O)([O-])[O-])[C@H]2OC3(O[C@H]21)C([N+](=O)[O-])=CC([N+](=O)[O-])C=C3[N+](=O)[O-].[Na+].[Na+].[Na+].[Na+]. The largest absolute Gasteiger partial charge is 1.00 e. The topological polar surface area (TPSA) is 392 Å². The molecule has 1 spiro atoms. The number of phosphoric acid groups is 3. The molecule has 2 unspecified atom stereocenters. The molecule has 6 atom stereocenters. The first-order valence-electron chi connectivity index (χ1n) is 11.8. The number of nitrogens with one attached hydrogen (secondary N) is 1. The molecule has 51 heavy (non-hydrogen) atoms. The molecule has 0 bridgehead atoms. The van der Waals surface area contributed by atoms with Gasteiger partial charge < -0.3 is 47.9 Å². The van der Waals surface area contributed by atoms with E-state index in [0.717, 1.165) is 10.9 Å². The van der Waals surface area contributed by atoms with Crippen LogP contribution in [0.2, 0.25) is 0 Å². The monoisotopic (exact) mass is 885 g/mol. The van der Waals surface area contributed by atoms with Gasteiger partial charge in [-0.15, -0.1) is 0 Å². The molecule has 35 heteroatoms. The molecule has 0 radical (unpaired) electrons. The van der Waals surface area contributed by atoms with E-state index in [-0.39, 0.29) is 134 Å². The second-order valence-electron chi connectivity index (χ2n) is 9.20. The standard InChI is InChI=1S/C16H15BrN7O20P3.4Na/c17-15-20-9-12(18-4-19-13(9)25)21(15)14-11-10(6(40-14)3-39-46(35,36)44-47(37,38)43-45(32,33)34)41-16(42-11)7(23(28)29)1-5(22(26)27)2-8(16)24(30)31;;;;/h1-2,4-6,10-11,14H,3H2,(H,35,36)(H,37,38)(H,18,19,25)(H2,32,33,34);;;;/q;4*+1/p-4/t5?,6-,10-,11-,14-,16?;;;;/m1..../s1. The van der Waals surface area contributed by atoms with E-state index in [2.05, 4.69) is 44.0 Å². The van der Waals surface area contributed by atoms with Gasteiger partial charge in [0.25, 0.3) is 27.2 Å². The Balaban J connectivity index is 0.00000325. The van der Waals surface area contributed by atoms with Gasteiger partial charge in [0.1, 0.15) is 18.3 Å². The van der Waals surface area contributed by atoms with Gasteiger partial charge in [-0.2, -0.15) is 0 Å². The Morgan fingerprint density at radius 3 is 1.98 bits per heavy atom. The molecular formula is C16H11BrN7Na4O20P3. The zero-order valence-corrected chi connectivity index (χ0v) is 38.2. The Morgan fingerprint density at radius 1 is 0.922 bits per heavy atom. The summed E-state index contributed by atoms with van der Waals surface area (Å²) in [6.45, 7) is -1.37. The molecule has 0 aromatic carbocycles. The number of nitro groups is 3. The minimum absolute atomic E-state index is 0. The van der Waals surface area contributed by atoms with Gasteiger partial charge in [-0.1, -0.05) is 0 Å². The smallest absolute Gasteiger partial charge is 0.790 e. The first kappa shape index (κ1) is 49.8. The summed E-state index contributed by atoms with van der Waals surface area (Å²) in [4.78, 5) is 99.3. The molecule has 27 nitrogen and oxygen atoms in total. The molecule has 2 aromatic rings. The van der Waals surface area contributed by atoms with Crippen molar-refractivity contribution in [1.82, 2.24) is 19.5 Å². The quantitative estimate of drug-likeness (QED) is 0.0719. The van der Waals surface area contributed by atoms with Crippen LogP contribution in [0.5, 0.6) is 0 Å². The number of H-pyrrole nitrogens is 1. The Kier molecular flexibility index (Phi) is 18.0. The number of nitrogens with zero attached hydrogens (tertiary/aromatic N) is 6. The van der Waals surface area contributed by atoms with Crippen molar-refractivity contribution in [2.24, 2.45) is 0 Å². The van der Waals surface area contributed by atoms with E-state index >= 15 is 0 Å². The number of aromatic nitrogens is 4. The van der Waals surface area contributed by atoms with E-state index in [0.29, 0.717) is 12.2 Å². The van der Waals surface area contributed by atoms with Gasteiger partial charge in [-0.3, -0.25) is 53.1 Å². The fourth-order valence-electron chi connectivity index (χ4n) is 4.74. The predicted octanol–water partition coefficient (Wildman–Crippen LogP) is -14.9. The van der Waals surface area contributed by atoms with Crippen molar-refractivity contribution < 1.29 is 194 Å². The third-order valence-corrected chi connectivity index (χ3v) is 10.6. The van der Waals surface area contributed by atoms with Crippen LogP contribution in [0.15, 0.2) is 39.4 Å². The minimum atomic E-state index is -6.40. The zero-order chi connectivity index (χ0) is 34.9. The summed E-state index contributed by atoms with van der Waals surface area (Å²) in [7, 11) is -18.9. The number of ether oxygens (including phenoxy) is 3. The van der Waals surface area contributed by atoms with Gasteiger partial charge in [0.05, 0.1) is 42.8 Å². The summed E-state index contributed by atoms with van der Waals surface area (Å²) in [5.41, 5.74) is -4.05. The van der Waals surface area contributed by atoms with E-state index in [1.807, 2.05) is 0 Å². The van der Waals surface area contributed by atoms with Crippen molar-refractivity contribution in [3.63, 3.8) is 0 Å². The second kappa shape index (κ2) is 18.4. The van der Waals surface area contributed by atoms with E-state index < -0.39 is 98.2 Å². The Hall–Kier alpha value is 0.800. The maximum Gasteiger partial charge on any atom is 1.00 e. The molecule has 2 fully saturated rings. The molecule has 5 rings (SSSR count). The summed E-state index contributed by atoms with van der Waals surface area (Å²) in [6, 6.07) is -2.10. The van der Waals surface area contributed by atoms with Crippen molar-refractivity contribution in [3.8, 4) is 0 Å². The fourth-order valence-corrected chi connectivity index (χ4v) is 8.16. The molecule has 2 saturated heterocycles. The number of hydrogen-bond acceptors (Lipinski definition) is 22. The summed E-state index contributed by atoms with van der Waals surface area (Å²) in [6.07, 6.45) is -5.57. The minimum Gasteiger partial charge on any atom is -0.790 e. The number of fused-ring (bicyclic) bond motifs is 2. The molecule has 2 aromatic heterocycles. The Bertz CT molecular complexity index is 1940. The van der Waals surface area contributed by atoms with Gasteiger partial charge in [0.2, 0.25) is 0 Å². The molecule has 3 aliphatic rings. The third kappa shape index (κ3) is 10.6. The molecule has 0 saturated carbocycles. The van der Waals surface area contributed by atoms with Crippen LogP contribution in [0.4, 0.5) is 0 Å². The summed E-state index contributed by atoms with van der Waals surface area (Å²) >= 11 is 3.05. The second-order valence-corrected chi connectivity index (χ2v) is 14.2. The number of rotatable bonds is 11. The number of hydrogen-bond donors (Lipinski definition) is 1. The molecule has 256 valence electrons. The fraction of sp³-hybridized carbons (Fsp3) is 0.438. The Labute approximate surface area is 377 Å². The van der Waals surface area contributed by atoms with Crippen LogP contribution >= 0.6 is 39.4 Å². The molecule has 0 amide bonds.